The predicted molar refractivity (Wildman–Crippen MR) is 405 cm³/mol. The standard InChI is InChI=1S/C80H156O17P2/c1-8-9-10-11-12-30-40-47-54-61-77(82)90-67-75(97-80(85)64-57-50-43-36-29-33-39-46-53-60-73(6)7)69-94-98(86,87)92-65-74(81)66-93-99(88,89)95-70-76(96-79(84)63-56-49-42-35-28-24-20-16-14-18-22-26-32-38-45-52-59-72(4)5)68-91-78(83)62-55-48-41-34-27-23-19-15-13-17-21-25-31-37-44-51-58-71(2)3/h71-76,81H,8-70H2,1-7H3,(H,86,87)(H,88,89)/t74-,75+,76+/m0/s1. The molecule has 0 saturated heterocycles. The molecule has 0 aromatic rings. The highest BCUT2D eigenvalue weighted by atomic mass is 31.2. The quantitative estimate of drug-likeness (QED) is 0.0222. The number of unbranched alkanes of at least 4 members (excludes halogenated alkanes) is 46. The molecule has 17 nitrogen and oxygen atoms in total. The van der Waals surface area contributed by atoms with Crippen molar-refractivity contribution in [2.75, 3.05) is 39.6 Å². The maximum absolute atomic E-state index is 13.1. The first-order valence-corrected chi connectivity index (χ1v) is 44.3. The summed E-state index contributed by atoms with van der Waals surface area (Å²) in [5, 5.41) is 10.6. The Balaban J connectivity index is 5.21. The lowest BCUT2D eigenvalue weighted by atomic mass is 10.0. The van der Waals surface area contributed by atoms with E-state index in [0.717, 1.165) is 108 Å². The molecule has 588 valence electrons. The van der Waals surface area contributed by atoms with E-state index in [4.69, 9.17) is 37.0 Å². The zero-order chi connectivity index (χ0) is 73.0. The van der Waals surface area contributed by atoms with E-state index in [9.17, 15) is 43.2 Å². The Morgan fingerprint density at radius 1 is 0.273 bits per heavy atom. The molecule has 0 aromatic carbocycles. The minimum atomic E-state index is -4.96. The molecular weight excluding hydrogens is 1290 g/mol. The van der Waals surface area contributed by atoms with Crippen molar-refractivity contribution in [2.45, 2.75) is 433 Å². The van der Waals surface area contributed by atoms with Gasteiger partial charge in [-0.15, -0.1) is 0 Å². The van der Waals surface area contributed by atoms with Crippen molar-refractivity contribution in [3.8, 4) is 0 Å². The molecule has 0 amide bonds. The average Bonchev–Trinajstić information content (AvgIpc) is 1.01. The van der Waals surface area contributed by atoms with E-state index in [-0.39, 0.29) is 25.7 Å². The fourth-order valence-electron chi connectivity index (χ4n) is 12.3. The number of esters is 4. The number of hydrogen-bond donors (Lipinski definition) is 3. The van der Waals surface area contributed by atoms with Gasteiger partial charge in [-0.05, 0) is 43.4 Å². The third-order valence-corrected chi connectivity index (χ3v) is 20.5. The van der Waals surface area contributed by atoms with Crippen LogP contribution < -0.4 is 0 Å². The summed E-state index contributed by atoms with van der Waals surface area (Å²) in [6.45, 7) is 12.0. The average molecular weight is 1450 g/mol. The van der Waals surface area contributed by atoms with Crippen molar-refractivity contribution in [3.05, 3.63) is 0 Å². The van der Waals surface area contributed by atoms with Crippen LogP contribution in [0.3, 0.4) is 0 Å². The number of rotatable bonds is 78. The Morgan fingerprint density at radius 2 is 0.465 bits per heavy atom. The Morgan fingerprint density at radius 3 is 0.687 bits per heavy atom. The fraction of sp³-hybridized carbons (Fsp3) is 0.950. The molecule has 0 aliphatic carbocycles. The van der Waals surface area contributed by atoms with Crippen LogP contribution in [0.5, 0.6) is 0 Å². The van der Waals surface area contributed by atoms with Gasteiger partial charge in [-0.3, -0.25) is 37.3 Å². The number of phosphoric ester groups is 2. The summed E-state index contributed by atoms with van der Waals surface area (Å²) in [5.41, 5.74) is 0. The zero-order valence-electron chi connectivity index (χ0n) is 65.0. The summed E-state index contributed by atoms with van der Waals surface area (Å²) in [6, 6.07) is 0. The smallest absolute Gasteiger partial charge is 0.462 e. The Bertz CT molecular complexity index is 1920. The van der Waals surface area contributed by atoms with Crippen LogP contribution in [0.15, 0.2) is 0 Å². The molecule has 0 radical (unpaired) electrons. The summed E-state index contributed by atoms with van der Waals surface area (Å²) >= 11 is 0. The second-order valence-corrected chi connectivity index (χ2v) is 33.1. The van der Waals surface area contributed by atoms with Crippen molar-refractivity contribution < 1.29 is 80.2 Å². The largest absolute Gasteiger partial charge is 0.472 e. The van der Waals surface area contributed by atoms with Crippen molar-refractivity contribution in [1.82, 2.24) is 0 Å². The molecule has 5 atom stereocenters. The SMILES string of the molecule is CCCCCCCCCCCC(=O)OC[C@H](COP(=O)(O)OC[C@H](O)COP(=O)(O)OC[C@@H](COC(=O)CCCCCCCCCCCCCCCCCCC(C)C)OC(=O)CCCCCCCCCCCCCCCCCCC(C)C)OC(=O)CCCCCCCCCCCC(C)C. The summed E-state index contributed by atoms with van der Waals surface area (Å²) in [6.07, 6.45) is 58.4. The van der Waals surface area contributed by atoms with E-state index >= 15 is 0 Å². The van der Waals surface area contributed by atoms with Gasteiger partial charge in [0, 0.05) is 25.7 Å². The van der Waals surface area contributed by atoms with Gasteiger partial charge >= 0.3 is 39.5 Å². The van der Waals surface area contributed by atoms with Gasteiger partial charge < -0.3 is 33.8 Å². The second-order valence-electron chi connectivity index (χ2n) is 30.2. The number of aliphatic hydroxyl groups is 1. The Hall–Kier alpha value is -1.94. The molecule has 99 heavy (non-hydrogen) atoms. The van der Waals surface area contributed by atoms with Crippen LogP contribution in [-0.4, -0.2) is 96.7 Å². The molecule has 0 fully saturated rings. The highest BCUT2D eigenvalue weighted by Gasteiger charge is 2.30. The lowest BCUT2D eigenvalue weighted by Gasteiger charge is -2.21. The minimum absolute atomic E-state index is 0.105. The van der Waals surface area contributed by atoms with Gasteiger partial charge in [0.15, 0.2) is 12.2 Å². The van der Waals surface area contributed by atoms with Crippen molar-refractivity contribution in [3.63, 3.8) is 0 Å². The molecule has 0 aromatic heterocycles. The zero-order valence-corrected chi connectivity index (χ0v) is 66.8. The molecule has 0 saturated carbocycles. The maximum Gasteiger partial charge on any atom is 0.472 e. The van der Waals surface area contributed by atoms with Gasteiger partial charge in [0.2, 0.25) is 0 Å². The molecule has 19 heteroatoms. The molecular formula is C80H156O17P2. The normalized spacial score (nSPS) is 14.0. The number of aliphatic hydroxyl groups excluding tert-OH is 1. The van der Waals surface area contributed by atoms with Crippen molar-refractivity contribution in [2.24, 2.45) is 17.8 Å². The van der Waals surface area contributed by atoms with Gasteiger partial charge in [0.25, 0.3) is 0 Å². The first-order chi connectivity index (χ1) is 47.7. The third kappa shape index (κ3) is 74.1. The van der Waals surface area contributed by atoms with E-state index in [1.165, 1.54) is 225 Å². The number of carbonyl (C=O) groups excluding carboxylic acids is 4. The third-order valence-electron chi connectivity index (χ3n) is 18.6. The van der Waals surface area contributed by atoms with Gasteiger partial charge in [-0.2, -0.15) is 0 Å². The van der Waals surface area contributed by atoms with Crippen molar-refractivity contribution in [1.29, 1.82) is 0 Å². The van der Waals surface area contributed by atoms with Gasteiger partial charge in [-0.25, -0.2) is 9.13 Å². The molecule has 2 unspecified atom stereocenters. The summed E-state index contributed by atoms with van der Waals surface area (Å²) in [4.78, 5) is 72.9. The highest BCUT2D eigenvalue weighted by molar-refractivity contribution is 7.47. The van der Waals surface area contributed by atoms with Gasteiger partial charge in [0.1, 0.15) is 19.3 Å². The number of phosphoric acid groups is 2. The first-order valence-electron chi connectivity index (χ1n) is 41.3. The van der Waals surface area contributed by atoms with Gasteiger partial charge in [-0.1, -0.05) is 363 Å². The molecule has 3 N–H and O–H groups in total. The molecule has 0 spiro atoms. The molecule has 0 aliphatic heterocycles. The Kier molecular flexibility index (Phi) is 69.0. The number of carbonyl (C=O) groups is 4. The number of ether oxygens (including phenoxy) is 4. The number of hydrogen-bond acceptors (Lipinski definition) is 15. The summed E-state index contributed by atoms with van der Waals surface area (Å²) in [5.74, 6) is 0.244. The fourth-order valence-corrected chi connectivity index (χ4v) is 13.9. The lowest BCUT2D eigenvalue weighted by molar-refractivity contribution is -0.161. The van der Waals surface area contributed by atoms with Crippen LogP contribution in [0, 0.1) is 17.8 Å². The van der Waals surface area contributed by atoms with E-state index in [2.05, 4.69) is 48.5 Å². The Labute approximate surface area is 607 Å². The van der Waals surface area contributed by atoms with Crippen LogP contribution in [0.2, 0.25) is 0 Å². The minimum Gasteiger partial charge on any atom is -0.462 e. The lowest BCUT2D eigenvalue weighted by Crippen LogP contribution is -2.30. The summed E-state index contributed by atoms with van der Waals surface area (Å²) < 4.78 is 68.6. The van der Waals surface area contributed by atoms with Gasteiger partial charge in [0.05, 0.1) is 26.4 Å². The molecule has 0 heterocycles. The van der Waals surface area contributed by atoms with E-state index in [0.29, 0.717) is 25.7 Å². The van der Waals surface area contributed by atoms with Crippen molar-refractivity contribution >= 4 is 39.5 Å². The summed E-state index contributed by atoms with van der Waals surface area (Å²) in [7, 11) is -9.92. The second kappa shape index (κ2) is 70.4. The maximum atomic E-state index is 13.1. The topological polar surface area (TPSA) is 237 Å². The predicted octanol–water partition coefficient (Wildman–Crippen LogP) is 23.7. The van der Waals surface area contributed by atoms with Crippen LogP contribution in [-0.2, 0) is 65.4 Å². The van der Waals surface area contributed by atoms with Crippen LogP contribution in [0.1, 0.15) is 414 Å². The molecule has 0 rings (SSSR count). The molecule has 0 bridgehead atoms. The molecule has 0 aliphatic rings. The van der Waals surface area contributed by atoms with Crippen LogP contribution in [0.25, 0.3) is 0 Å². The van der Waals surface area contributed by atoms with E-state index in [1.807, 2.05) is 0 Å². The van der Waals surface area contributed by atoms with Crippen LogP contribution >= 0.6 is 15.6 Å². The van der Waals surface area contributed by atoms with E-state index < -0.39 is 97.5 Å². The highest BCUT2D eigenvalue weighted by Crippen LogP contribution is 2.45. The van der Waals surface area contributed by atoms with E-state index in [1.54, 1.807) is 0 Å². The monoisotopic (exact) mass is 1450 g/mol. The van der Waals surface area contributed by atoms with Crippen LogP contribution in [0.4, 0.5) is 0 Å². The first kappa shape index (κ1) is 97.1.